The van der Waals surface area contributed by atoms with Crippen LogP contribution in [-0.4, -0.2) is 30.4 Å². The fraction of sp³-hybridized carbons (Fsp3) is 0.240. The maximum atomic E-state index is 12.9. The second-order valence-corrected chi connectivity index (χ2v) is 7.12. The van der Waals surface area contributed by atoms with Crippen LogP contribution in [0.25, 0.3) is 6.08 Å². The smallest absolute Gasteiger partial charge is 0.271 e. The van der Waals surface area contributed by atoms with Crippen LogP contribution in [-0.2, 0) is 16.2 Å². The molecule has 2 aromatic rings. The molecule has 0 atom stereocenters. The van der Waals surface area contributed by atoms with Crippen LogP contribution in [0.2, 0.25) is 0 Å². The summed E-state index contributed by atoms with van der Waals surface area (Å²) in [6.07, 6.45) is 2.29. The van der Waals surface area contributed by atoms with Gasteiger partial charge in [0.1, 0.15) is 18.2 Å². The number of amides is 2. The molecule has 0 spiro atoms. The standard InChI is InChI=1S/C25H24N2O4/c1-4-12-27-24(28)20(17(2)21(15-26)25(27)29)13-19-10-11-22(23(14-19)30-3)31-16-18-8-6-5-7-9-18/h5-11,13-14H,4,12,16H2,1-3H3/b20-13+. The van der Waals surface area contributed by atoms with Crippen molar-refractivity contribution in [2.24, 2.45) is 0 Å². The minimum absolute atomic E-state index is 0.00548. The Kier molecular flexibility index (Phi) is 6.88. The molecule has 0 saturated carbocycles. The predicted octanol–water partition coefficient (Wildman–Crippen LogP) is 4.28. The van der Waals surface area contributed by atoms with E-state index in [1.54, 1.807) is 32.2 Å². The maximum absolute atomic E-state index is 12.9. The second kappa shape index (κ2) is 9.77. The molecule has 31 heavy (non-hydrogen) atoms. The van der Waals surface area contributed by atoms with E-state index >= 15 is 0 Å². The molecule has 6 nitrogen and oxygen atoms in total. The van der Waals surface area contributed by atoms with Gasteiger partial charge in [-0.25, -0.2) is 0 Å². The second-order valence-electron chi connectivity index (χ2n) is 7.12. The summed E-state index contributed by atoms with van der Waals surface area (Å²) >= 11 is 0. The lowest BCUT2D eigenvalue weighted by atomic mass is 9.93. The van der Waals surface area contributed by atoms with Crippen LogP contribution in [0, 0.1) is 11.3 Å². The van der Waals surface area contributed by atoms with E-state index in [0.29, 0.717) is 41.2 Å². The Bertz CT molecular complexity index is 1090. The van der Waals surface area contributed by atoms with E-state index in [0.717, 1.165) is 10.5 Å². The highest BCUT2D eigenvalue weighted by atomic mass is 16.5. The van der Waals surface area contributed by atoms with Crippen molar-refractivity contribution in [1.82, 2.24) is 4.90 Å². The van der Waals surface area contributed by atoms with Crippen LogP contribution in [0.1, 0.15) is 31.4 Å². The zero-order valence-electron chi connectivity index (χ0n) is 17.8. The van der Waals surface area contributed by atoms with Gasteiger partial charge in [-0.15, -0.1) is 0 Å². The first kappa shape index (κ1) is 21.8. The van der Waals surface area contributed by atoms with Crippen molar-refractivity contribution in [2.45, 2.75) is 26.9 Å². The normalized spacial score (nSPS) is 15.3. The van der Waals surface area contributed by atoms with E-state index in [1.165, 1.54) is 0 Å². The summed E-state index contributed by atoms with van der Waals surface area (Å²) in [5.41, 5.74) is 2.44. The zero-order chi connectivity index (χ0) is 22.4. The third-order valence-electron chi connectivity index (χ3n) is 5.01. The molecule has 1 aliphatic rings. The number of hydrogen-bond acceptors (Lipinski definition) is 5. The fourth-order valence-corrected chi connectivity index (χ4v) is 3.35. The number of nitriles is 1. The van der Waals surface area contributed by atoms with E-state index in [1.807, 2.05) is 49.4 Å². The molecule has 0 fully saturated rings. The molecule has 0 radical (unpaired) electrons. The van der Waals surface area contributed by atoms with E-state index in [-0.39, 0.29) is 12.1 Å². The lowest BCUT2D eigenvalue weighted by Gasteiger charge is -2.27. The Morgan fingerprint density at radius 2 is 1.81 bits per heavy atom. The highest BCUT2D eigenvalue weighted by Crippen LogP contribution is 2.32. The Morgan fingerprint density at radius 1 is 1.06 bits per heavy atom. The molecule has 0 unspecified atom stereocenters. The molecule has 0 saturated heterocycles. The summed E-state index contributed by atoms with van der Waals surface area (Å²) in [7, 11) is 1.55. The molecule has 1 aliphatic heterocycles. The largest absolute Gasteiger partial charge is 0.493 e. The molecular weight excluding hydrogens is 392 g/mol. The van der Waals surface area contributed by atoms with Crippen LogP contribution in [0.4, 0.5) is 0 Å². The van der Waals surface area contributed by atoms with Crippen molar-refractivity contribution < 1.29 is 19.1 Å². The summed E-state index contributed by atoms with van der Waals surface area (Å²) in [4.78, 5) is 26.5. The summed E-state index contributed by atoms with van der Waals surface area (Å²) in [5, 5.41) is 9.43. The molecule has 1 heterocycles. The average molecular weight is 416 g/mol. The van der Waals surface area contributed by atoms with Gasteiger partial charge in [0.25, 0.3) is 11.8 Å². The monoisotopic (exact) mass is 416 g/mol. The molecule has 0 aromatic heterocycles. The first-order valence-corrected chi connectivity index (χ1v) is 10.0. The summed E-state index contributed by atoms with van der Waals surface area (Å²) in [6.45, 7) is 4.17. The third-order valence-corrected chi connectivity index (χ3v) is 5.01. The minimum atomic E-state index is -0.536. The quantitative estimate of drug-likeness (QED) is 0.497. The Balaban J connectivity index is 1.93. The van der Waals surface area contributed by atoms with Crippen molar-refractivity contribution in [2.75, 3.05) is 13.7 Å². The van der Waals surface area contributed by atoms with Gasteiger partial charge in [0.15, 0.2) is 11.5 Å². The lowest BCUT2D eigenvalue weighted by molar-refractivity contribution is -0.140. The molecule has 0 bridgehead atoms. The van der Waals surface area contributed by atoms with Crippen LogP contribution in [0.5, 0.6) is 11.5 Å². The highest BCUT2D eigenvalue weighted by Gasteiger charge is 2.34. The topological polar surface area (TPSA) is 79.6 Å². The molecule has 3 rings (SSSR count). The molecule has 2 aromatic carbocycles. The van der Waals surface area contributed by atoms with Crippen LogP contribution in [0.3, 0.4) is 0 Å². The molecule has 0 aliphatic carbocycles. The number of carbonyl (C=O) groups excluding carboxylic acids is 2. The number of ether oxygens (including phenoxy) is 2. The van der Waals surface area contributed by atoms with E-state index in [4.69, 9.17) is 9.47 Å². The van der Waals surface area contributed by atoms with E-state index < -0.39 is 11.8 Å². The summed E-state index contributed by atoms with van der Waals surface area (Å²) in [6, 6.07) is 17.1. The number of methoxy groups -OCH3 is 1. The number of imide groups is 1. The van der Waals surface area contributed by atoms with Gasteiger partial charge in [-0.2, -0.15) is 5.26 Å². The van der Waals surface area contributed by atoms with Gasteiger partial charge in [-0.1, -0.05) is 43.3 Å². The Labute approximate surface area is 182 Å². The van der Waals surface area contributed by atoms with Gasteiger partial charge in [0.05, 0.1) is 7.11 Å². The number of nitrogens with zero attached hydrogens (tertiary/aromatic N) is 2. The molecule has 0 N–H and O–H groups in total. The summed E-state index contributed by atoms with van der Waals surface area (Å²) < 4.78 is 11.3. The van der Waals surface area contributed by atoms with Gasteiger partial charge >= 0.3 is 0 Å². The first-order chi connectivity index (χ1) is 15.0. The average Bonchev–Trinajstić information content (AvgIpc) is 2.79. The van der Waals surface area contributed by atoms with Crippen molar-refractivity contribution in [3.05, 3.63) is 76.4 Å². The van der Waals surface area contributed by atoms with Gasteiger partial charge in [-0.05, 0) is 48.3 Å². The Morgan fingerprint density at radius 3 is 2.45 bits per heavy atom. The number of rotatable bonds is 7. The van der Waals surface area contributed by atoms with Gasteiger partial charge in [0, 0.05) is 12.1 Å². The molecule has 2 amide bonds. The van der Waals surface area contributed by atoms with Gasteiger partial charge < -0.3 is 9.47 Å². The first-order valence-electron chi connectivity index (χ1n) is 10.0. The Hall–Kier alpha value is -3.85. The lowest BCUT2D eigenvalue weighted by Crippen LogP contribution is -2.43. The fourth-order valence-electron chi connectivity index (χ4n) is 3.35. The van der Waals surface area contributed by atoms with Crippen LogP contribution >= 0.6 is 0 Å². The van der Waals surface area contributed by atoms with Crippen molar-refractivity contribution >= 4 is 17.9 Å². The SMILES string of the molecule is CCCN1C(=O)C(C#N)=C(C)/C(=C\c2ccc(OCc3ccccc3)c(OC)c2)C1=O. The van der Waals surface area contributed by atoms with Gasteiger partial charge in [0.2, 0.25) is 0 Å². The van der Waals surface area contributed by atoms with Crippen molar-refractivity contribution in [1.29, 1.82) is 5.26 Å². The van der Waals surface area contributed by atoms with E-state index in [9.17, 15) is 14.9 Å². The molecule has 158 valence electrons. The van der Waals surface area contributed by atoms with Crippen LogP contribution in [0.15, 0.2) is 65.3 Å². The van der Waals surface area contributed by atoms with Crippen LogP contribution < -0.4 is 9.47 Å². The molecule has 6 heteroatoms. The number of benzene rings is 2. The van der Waals surface area contributed by atoms with E-state index in [2.05, 4.69) is 0 Å². The van der Waals surface area contributed by atoms with Crippen molar-refractivity contribution in [3.8, 4) is 17.6 Å². The number of carbonyl (C=O) groups is 2. The molecular formula is C25H24N2O4. The number of hydrogen-bond donors (Lipinski definition) is 0. The highest BCUT2D eigenvalue weighted by molar-refractivity contribution is 6.19. The maximum Gasteiger partial charge on any atom is 0.271 e. The zero-order valence-corrected chi connectivity index (χ0v) is 17.8. The predicted molar refractivity (Wildman–Crippen MR) is 117 cm³/mol. The summed E-state index contributed by atoms with van der Waals surface area (Å²) in [5.74, 6) is 0.173. The third kappa shape index (κ3) is 4.67. The van der Waals surface area contributed by atoms with Gasteiger partial charge in [-0.3, -0.25) is 14.5 Å². The minimum Gasteiger partial charge on any atom is -0.493 e. The van der Waals surface area contributed by atoms with Crippen molar-refractivity contribution in [3.63, 3.8) is 0 Å².